The largest absolute Gasteiger partial charge is 0.372 e. The van der Waals surface area contributed by atoms with E-state index in [2.05, 4.69) is 31.5 Å². The number of carbonyl (C=O) groups is 2. The molecule has 0 fully saturated rings. The fraction of sp³-hybridized carbons (Fsp3) is 0.222. The number of rotatable bonds is 4. The van der Waals surface area contributed by atoms with E-state index in [1.165, 1.54) is 0 Å². The highest BCUT2D eigenvalue weighted by molar-refractivity contribution is 9.10. The highest BCUT2D eigenvalue weighted by atomic mass is 79.9. The van der Waals surface area contributed by atoms with Crippen LogP contribution in [0.4, 0.5) is 5.82 Å². The van der Waals surface area contributed by atoms with Crippen LogP contribution in [-0.2, 0) is 4.79 Å². The van der Waals surface area contributed by atoms with Crippen LogP contribution in [0.1, 0.15) is 10.4 Å². The van der Waals surface area contributed by atoms with Crippen LogP contribution in [0.15, 0.2) is 16.7 Å². The lowest BCUT2D eigenvalue weighted by molar-refractivity contribution is -0.117. The van der Waals surface area contributed by atoms with Gasteiger partial charge in [0.05, 0.1) is 12.1 Å². The molecule has 0 aromatic carbocycles. The first kappa shape index (κ1) is 12.4. The van der Waals surface area contributed by atoms with E-state index >= 15 is 0 Å². The second-order valence-electron chi connectivity index (χ2n) is 2.95. The Labute approximate surface area is 101 Å². The third-order valence-corrected chi connectivity index (χ3v) is 2.19. The molecule has 0 bridgehead atoms. The summed E-state index contributed by atoms with van der Waals surface area (Å²) in [5, 5.41) is 5.17. The minimum atomic E-state index is -0.595. The van der Waals surface area contributed by atoms with Gasteiger partial charge in [-0.1, -0.05) is 0 Å². The van der Waals surface area contributed by atoms with Crippen molar-refractivity contribution < 1.29 is 9.59 Å². The summed E-state index contributed by atoms with van der Waals surface area (Å²) in [6.07, 6.45) is 1.57. The molecule has 0 spiro atoms. The molecule has 6 nitrogen and oxygen atoms in total. The van der Waals surface area contributed by atoms with Gasteiger partial charge in [0.1, 0.15) is 5.82 Å². The minimum absolute atomic E-state index is 0.200. The van der Waals surface area contributed by atoms with Crippen molar-refractivity contribution in [3.63, 3.8) is 0 Å². The van der Waals surface area contributed by atoms with E-state index in [1.807, 2.05) is 0 Å². The van der Waals surface area contributed by atoms with Gasteiger partial charge in [-0.05, 0) is 22.0 Å². The third-order valence-electron chi connectivity index (χ3n) is 1.76. The van der Waals surface area contributed by atoms with Crippen molar-refractivity contribution in [3.8, 4) is 0 Å². The van der Waals surface area contributed by atoms with E-state index in [-0.39, 0.29) is 6.54 Å². The van der Waals surface area contributed by atoms with Gasteiger partial charge in [0.25, 0.3) is 5.91 Å². The van der Waals surface area contributed by atoms with Gasteiger partial charge in [-0.15, -0.1) is 0 Å². The molecular weight excluding hydrogens is 276 g/mol. The van der Waals surface area contributed by atoms with Gasteiger partial charge in [0, 0.05) is 17.7 Å². The second kappa shape index (κ2) is 5.45. The molecule has 0 aliphatic carbocycles. The molecule has 0 atom stereocenters. The van der Waals surface area contributed by atoms with Gasteiger partial charge in [-0.25, -0.2) is 4.98 Å². The molecule has 1 rings (SSSR count). The van der Waals surface area contributed by atoms with Crippen molar-refractivity contribution in [1.29, 1.82) is 0 Å². The number of nitrogens with zero attached hydrogens (tertiary/aromatic N) is 1. The monoisotopic (exact) mass is 286 g/mol. The zero-order valence-corrected chi connectivity index (χ0v) is 10.2. The van der Waals surface area contributed by atoms with E-state index in [4.69, 9.17) is 5.73 Å². The Bertz CT molecular complexity index is 422. The number of carbonyl (C=O) groups excluding carboxylic acids is 2. The molecule has 4 N–H and O–H groups in total. The summed E-state index contributed by atoms with van der Waals surface area (Å²) in [4.78, 5) is 26.2. The first-order valence-electron chi connectivity index (χ1n) is 4.44. The number of halogens is 1. The molecule has 0 radical (unpaired) electrons. The molecular formula is C9H11BrN4O2. The predicted molar refractivity (Wildman–Crippen MR) is 63.0 cm³/mol. The van der Waals surface area contributed by atoms with E-state index in [0.717, 1.165) is 0 Å². The van der Waals surface area contributed by atoms with E-state index in [9.17, 15) is 9.59 Å². The number of hydrogen-bond acceptors (Lipinski definition) is 4. The molecule has 86 valence electrons. The Morgan fingerprint density at radius 1 is 1.56 bits per heavy atom. The number of nitrogens with two attached hydrogens (primary N) is 1. The average Bonchev–Trinajstić information content (AvgIpc) is 2.25. The van der Waals surface area contributed by atoms with Crippen LogP contribution in [0.25, 0.3) is 0 Å². The van der Waals surface area contributed by atoms with Crippen molar-refractivity contribution in [1.82, 2.24) is 10.3 Å². The van der Waals surface area contributed by atoms with Gasteiger partial charge < -0.3 is 16.4 Å². The van der Waals surface area contributed by atoms with Crippen molar-refractivity contribution in [2.75, 3.05) is 18.9 Å². The molecule has 0 aliphatic heterocycles. The fourth-order valence-corrected chi connectivity index (χ4v) is 1.41. The lowest BCUT2D eigenvalue weighted by Crippen LogP contribution is -2.33. The maximum atomic E-state index is 11.7. The van der Waals surface area contributed by atoms with E-state index < -0.39 is 11.8 Å². The van der Waals surface area contributed by atoms with E-state index in [1.54, 1.807) is 19.3 Å². The Kier molecular flexibility index (Phi) is 4.24. The zero-order chi connectivity index (χ0) is 12.1. The molecule has 16 heavy (non-hydrogen) atoms. The SMILES string of the molecule is CNc1ncc(Br)cc1C(=O)NCC(N)=O. The molecule has 1 aromatic heterocycles. The van der Waals surface area contributed by atoms with E-state index in [0.29, 0.717) is 15.9 Å². The minimum Gasteiger partial charge on any atom is -0.372 e. The first-order valence-corrected chi connectivity index (χ1v) is 5.23. The smallest absolute Gasteiger partial charge is 0.255 e. The second-order valence-corrected chi connectivity index (χ2v) is 3.86. The third kappa shape index (κ3) is 3.20. The molecule has 0 aliphatic rings. The summed E-state index contributed by atoms with van der Waals surface area (Å²) in [6.45, 7) is -0.200. The summed E-state index contributed by atoms with van der Waals surface area (Å²) in [5.74, 6) is -0.565. The number of aromatic nitrogens is 1. The molecule has 7 heteroatoms. The summed E-state index contributed by atoms with van der Waals surface area (Å²) < 4.78 is 0.677. The van der Waals surface area contributed by atoms with Crippen molar-refractivity contribution in [2.45, 2.75) is 0 Å². The normalized spacial score (nSPS) is 9.62. The topological polar surface area (TPSA) is 97.1 Å². The Morgan fingerprint density at radius 3 is 2.81 bits per heavy atom. The van der Waals surface area contributed by atoms with Crippen LogP contribution in [0.2, 0.25) is 0 Å². The predicted octanol–water partition coefficient (Wildman–Crippen LogP) is 0.101. The molecule has 0 saturated heterocycles. The lowest BCUT2D eigenvalue weighted by Gasteiger charge is -2.08. The maximum Gasteiger partial charge on any atom is 0.255 e. The van der Waals surface area contributed by atoms with Gasteiger partial charge in [-0.2, -0.15) is 0 Å². The maximum absolute atomic E-state index is 11.7. The summed E-state index contributed by atoms with van der Waals surface area (Å²) in [7, 11) is 1.65. The number of anilines is 1. The average molecular weight is 287 g/mol. The van der Waals surface area contributed by atoms with Gasteiger partial charge in [0.2, 0.25) is 5.91 Å². The Balaban J connectivity index is 2.88. The Hall–Kier alpha value is -1.63. The van der Waals surface area contributed by atoms with Crippen LogP contribution >= 0.6 is 15.9 Å². The highest BCUT2D eigenvalue weighted by Gasteiger charge is 2.12. The zero-order valence-electron chi connectivity index (χ0n) is 8.58. The standard InChI is InChI=1S/C9H11BrN4O2/c1-12-8-6(2-5(10)3-13-8)9(16)14-4-7(11)15/h2-3H,4H2,1H3,(H2,11,15)(H,12,13)(H,14,16). The van der Waals surface area contributed by atoms with Crippen LogP contribution in [0.5, 0.6) is 0 Å². The lowest BCUT2D eigenvalue weighted by atomic mass is 10.2. The molecule has 1 aromatic rings. The van der Waals surface area contributed by atoms with Crippen LogP contribution in [-0.4, -0.2) is 30.4 Å². The summed E-state index contributed by atoms with van der Waals surface area (Å²) in [5.41, 5.74) is 5.27. The number of amides is 2. The molecule has 1 heterocycles. The molecule has 2 amide bonds. The van der Waals surface area contributed by atoms with Crippen molar-refractivity contribution >= 4 is 33.6 Å². The first-order chi connectivity index (χ1) is 7.54. The van der Waals surface area contributed by atoms with Crippen LogP contribution in [0, 0.1) is 0 Å². The quantitative estimate of drug-likeness (QED) is 0.731. The van der Waals surface area contributed by atoms with Crippen molar-refractivity contribution in [2.24, 2.45) is 5.73 Å². The van der Waals surface area contributed by atoms with Gasteiger partial charge in [-0.3, -0.25) is 9.59 Å². The van der Waals surface area contributed by atoms with Crippen LogP contribution < -0.4 is 16.4 Å². The van der Waals surface area contributed by atoms with Crippen molar-refractivity contribution in [3.05, 3.63) is 22.3 Å². The number of primary amides is 1. The Morgan fingerprint density at radius 2 is 2.25 bits per heavy atom. The van der Waals surface area contributed by atoms with Gasteiger partial charge in [0.15, 0.2) is 0 Å². The van der Waals surface area contributed by atoms with Crippen LogP contribution in [0.3, 0.4) is 0 Å². The number of pyridine rings is 1. The van der Waals surface area contributed by atoms with Gasteiger partial charge >= 0.3 is 0 Å². The summed E-state index contributed by atoms with van der Waals surface area (Å²) >= 11 is 3.21. The molecule has 0 unspecified atom stereocenters. The fourth-order valence-electron chi connectivity index (χ4n) is 1.07. The highest BCUT2D eigenvalue weighted by Crippen LogP contribution is 2.17. The summed E-state index contributed by atoms with van der Waals surface area (Å²) in [6, 6.07) is 1.61. The number of hydrogen-bond donors (Lipinski definition) is 3. The number of nitrogens with one attached hydrogen (secondary N) is 2. The molecule has 0 saturated carbocycles.